The summed E-state index contributed by atoms with van der Waals surface area (Å²) in [4.78, 5) is 18.0. The predicted octanol–water partition coefficient (Wildman–Crippen LogP) is 3.45. The van der Waals surface area contributed by atoms with E-state index in [1.54, 1.807) is 0 Å². The number of benzene rings is 1. The smallest absolute Gasteiger partial charge is 0.339 e. The number of amides is 1. The molecule has 1 fully saturated rings. The number of aromatic nitrogens is 2. The van der Waals surface area contributed by atoms with Gasteiger partial charge in [-0.15, -0.1) is 0 Å². The van der Waals surface area contributed by atoms with E-state index in [4.69, 9.17) is 4.52 Å². The Morgan fingerprint density at radius 3 is 2.62 bits per heavy atom. The Kier molecular flexibility index (Phi) is 4.06. The van der Waals surface area contributed by atoms with Crippen molar-refractivity contribution in [3.05, 3.63) is 47.1 Å². The molecule has 1 aromatic carbocycles. The van der Waals surface area contributed by atoms with Gasteiger partial charge >= 0.3 is 6.18 Å². The average molecular weight is 339 g/mol. The molecule has 3 rings (SSSR count). The minimum atomic E-state index is -4.47. The fourth-order valence-corrected chi connectivity index (χ4v) is 2.46. The van der Waals surface area contributed by atoms with Crippen molar-refractivity contribution in [1.82, 2.24) is 15.0 Å². The maximum atomic E-state index is 12.7. The van der Waals surface area contributed by atoms with Crippen molar-refractivity contribution in [3.8, 4) is 0 Å². The van der Waals surface area contributed by atoms with Crippen molar-refractivity contribution in [2.24, 2.45) is 0 Å². The Balaban J connectivity index is 1.66. The van der Waals surface area contributed by atoms with E-state index in [1.807, 2.05) is 13.8 Å². The minimum Gasteiger partial charge on any atom is -0.339 e. The van der Waals surface area contributed by atoms with Crippen LogP contribution in [0, 0.1) is 0 Å². The van der Waals surface area contributed by atoms with Gasteiger partial charge in [0.05, 0.1) is 11.5 Å². The summed E-state index contributed by atoms with van der Waals surface area (Å²) in [5.41, 5.74) is -0.805. The molecule has 2 aromatic rings. The number of likely N-dealkylation sites (tertiary alicyclic amines) is 1. The average Bonchev–Trinajstić information content (AvgIpc) is 2.94. The summed E-state index contributed by atoms with van der Waals surface area (Å²) in [6, 6.07) is 4.44. The van der Waals surface area contributed by atoms with Crippen molar-refractivity contribution < 1.29 is 22.5 Å². The summed E-state index contributed by atoms with van der Waals surface area (Å²) in [6.07, 6.45) is -4.47. The van der Waals surface area contributed by atoms with Gasteiger partial charge in [-0.05, 0) is 18.2 Å². The van der Waals surface area contributed by atoms with Crippen LogP contribution in [-0.2, 0) is 6.18 Å². The standard InChI is InChI=1S/C16H16F3N3O2/c1-9(2)13-20-14(24-21-13)11-7-22(8-11)15(23)10-4-3-5-12(6-10)16(17,18)19/h3-6,9,11H,7-8H2,1-2H3. The first-order valence-corrected chi connectivity index (χ1v) is 7.55. The van der Waals surface area contributed by atoms with Crippen molar-refractivity contribution in [2.45, 2.75) is 31.9 Å². The molecule has 0 aliphatic carbocycles. The molecule has 0 unspecified atom stereocenters. The van der Waals surface area contributed by atoms with E-state index >= 15 is 0 Å². The highest BCUT2D eigenvalue weighted by atomic mass is 19.4. The highest BCUT2D eigenvalue weighted by Crippen LogP contribution is 2.31. The zero-order chi connectivity index (χ0) is 17.5. The second-order valence-electron chi connectivity index (χ2n) is 6.13. The third-order valence-corrected chi connectivity index (χ3v) is 3.93. The van der Waals surface area contributed by atoms with Crippen LogP contribution in [0.25, 0.3) is 0 Å². The maximum absolute atomic E-state index is 12.7. The molecule has 1 aromatic heterocycles. The summed E-state index contributed by atoms with van der Waals surface area (Å²) in [7, 11) is 0. The minimum absolute atomic E-state index is 0.0247. The van der Waals surface area contributed by atoms with E-state index < -0.39 is 17.6 Å². The van der Waals surface area contributed by atoms with Crippen molar-refractivity contribution in [2.75, 3.05) is 13.1 Å². The van der Waals surface area contributed by atoms with Crippen LogP contribution in [0.3, 0.4) is 0 Å². The van der Waals surface area contributed by atoms with Crippen molar-refractivity contribution in [3.63, 3.8) is 0 Å². The largest absolute Gasteiger partial charge is 0.416 e. The lowest BCUT2D eigenvalue weighted by Gasteiger charge is -2.37. The molecule has 0 N–H and O–H groups in total. The lowest BCUT2D eigenvalue weighted by Crippen LogP contribution is -2.48. The summed E-state index contributed by atoms with van der Waals surface area (Å²) in [6.45, 7) is 4.60. The number of hydrogen-bond acceptors (Lipinski definition) is 4. The zero-order valence-corrected chi connectivity index (χ0v) is 13.2. The lowest BCUT2D eigenvalue weighted by molar-refractivity contribution is -0.137. The third-order valence-electron chi connectivity index (χ3n) is 3.93. The van der Waals surface area contributed by atoms with Gasteiger partial charge in [0.15, 0.2) is 5.82 Å². The Labute approximate surface area is 136 Å². The number of alkyl halides is 3. The maximum Gasteiger partial charge on any atom is 0.416 e. The molecule has 0 atom stereocenters. The monoisotopic (exact) mass is 339 g/mol. The Morgan fingerprint density at radius 1 is 1.33 bits per heavy atom. The van der Waals surface area contributed by atoms with Crippen LogP contribution < -0.4 is 0 Å². The summed E-state index contributed by atoms with van der Waals surface area (Å²) < 4.78 is 43.4. The van der Waals surface area contributed by atoms with E-state index in [-0.39, 0.29) is 17.4 Å². The van der Waals surface area contributed by atoms with Crippen LogP contribution in [0.4, 0.5) is 13.2 Å². The lowest BCUT2D eigenvalue weighted by atomic mass is 9.98. The predicted molar refractivity (Wildman–Crippen MR) is 78.5 cm³/mol. The van der Waals surface area contributed by atoms with Gasteiger partial charge in [0, 0.05) is 24.6 Å². The molecule has 1 aliphatic rings. The molecule has 0 bridgehead atoms. The molecule has 8 heteroatoms. The first kappa shape index (κ1) is 16.5. The molecule has 24 heavy (non-hydrogen) atoms. The molecule has 1 aliphatic heterocycles. The highest BCUT2D eigenvalue weighted by molar-refractivity contribution is 5.95. The Bertz CT molecular complexity index is 749. The quantitative estimate of drug-likeness (QED) is 0.859. The van der Waals surface area contributed by atoms with Gasteiger partial charge in [-0.3, -0.25) is 4.79 Å². The van der Waals surface area contributed by atoms with Crippen LogP contribution in [0.1, 0.15) is 53.3 Å². The topological polar surface area (TPSA) is 59.2 Å². The summed E-state index contributed by atoms with van der Waals surface area (Å²) in [5, 5.41) is 3.87. The van der Waals surface area contributed by atoms with Crippen LogP contribution >= 0.6 is 0 Å². The number of carbonyl (C=O) groups is 1. The SMILES string of the molecule is CC(C)c1noc(C2CN(C(=O)c3cccc(C(F)(F)F)c3)C2)n1. The fraction of sp³-hybridized carbons (Fsp3) is 0.438. The van der Waals surface area contributed by atoms with E-state index in [0.29, 0.717) is 24.8 Å². The Morgan fingerprint density at radius 2 is 2.04 bits per heavy atom. The van der Waals surface area contributed by atoms with E-state index in [0.717, 1.165) is 12.1 Å². The molecule has 0 radical (unpaired) electrons. The number of nitrogens with zero attached hydrogens (tertiary/aromatic N) is 3. The summed E-state index contributed by atoms with van der Waals surface area (Å²) in [5.74, 6) is 0.713. The number of halogens is 3. The molecule has 1 saturated heterocycles. The van der Waals surface area contributed by atoms with Gasteiger partial charge in [0.25, 0.3) is 5.91 Å². The number of hydrogen-bond donors (Lipinski definition) is 0. The summed E-state index contributed by atoms with van der Waals surface area (Å²) >= 11 is 0. The Hall–Kier alpha value is -2.38. The first-order chi connectivity index (χ1) is 11.3. The first-order valence-electron chi connectivity index (χ1n) is 7.55. The van der Waals surface area contributed by atoms with Gasteiger partial charge in [0.1, 0.15) is 0 Å². The van der Waals surface area contributed by atoms with E-state index in [1.165, 1.54) is 17.0 Å². The van der Waals surface area contributed by atoms with Gasteiger partial charge in [-0.25, -0.2) is 0 Å². The number of carbonyl (C=O) groups excluding carboxylic acids is 1. The van der Waals surface area contributed by atoms with Crippen LogP contribution in [0.15, 0.2) is 28.8 Å². The highest BCUT2D eigenvalue weighted by Gasteiger charge is 2.37. The van der Waals surface area contributed by atoms with Gasteiger partial charge in [-0.2, -0.15) is 18.2 Å². The second kappa shape index (κ2) is 5.92. The number of rotatable bonds is 3. The third kappa shape index (κ3) is 3.13. The van der Waals surface area contributed by atoms with Gasteiger partial charge in [0.2, 0.25) is 5.89 Å². The van der Waals surface area contributed by atoms with Crippen LogP contribution in [0.5, 0.6) is 0 Å². The molecular formula is C16H16F3N3O2. The second-order valence-corrected chi connectivity index (χ2v) is 6.13. The fourth-order valence-electron chi connectivity index (χ4n) is 2.46. The molecule has 0 spiro atoms. The van der Waals surface area contributed by atoms with Crippen LogP contribution in [-0.4, -0.2) is 34.0 Å². The van der Waals surface area contributed by atoms with Gasteiger partial charge < -0.3 is 9.42 Å². The van der Waals surface area contributed by atoms with E-state index in [2.05, 4.69) is 10.1 Å². The molecule has 5 nitrogen and oxygen atoms in total. The zero-order valence-electron chi connectivity index (χ0n) is 13.2. The normalized spacial score (nSPS) is 15.7. The molecule has 0 saturated carbocycles. The molecule has 128 valence electrons. The van der Waals surface area contributed by atoms with Crippen molar-refractivity contribution in [1.29, 1.82) is 0 Å². The molecule has 1 amide bonds. The molecule has 2 heterocycles. The molecular weight excluding hydrogens is 323 g/mol. The van der Waals surface area contributed by atoms with Crippen molar-refractivity contribution >= 4 is 5.91 Å². The van der Waals surface area contributed by atoms with Gasteiger partial charge in [-0.1, -0.05) is 25.1 Å². The van der Waals surface area contributed by atoms with E-state index in [9.17, 15) is 18.0 Å². The van der Waals surface area contributed by atoms with Crippen LogP contribution in [0.2, 0.25) is 0 Å².